The summed E-state index contributed by atoms with van der Waals surface area (Å²) in [6, 6.07) is 9.97. The zero-order valence-electron chi connectivity index (χ0n) is 14.3. The minimum Gasteiger partial charge on any atom is -0.481 e. The van der Waals surface area contributed by atoms with Gasteiger partial charge >= 0.3 is 11.9 Å². The predicted octanol–water partition coefficient (Wildman–Crippen LogP) is 2.54. The molecule has 3 rings (SSSR count). The first-order valence-electron chi connectivity index (χ1n) is 8.49. The van der Waals surface area contributed by atoms with Crippen molar-refractivity contribution in [3.8, 4) is 0 Å². The molecule has 0 spiro atoms. The summed E-state index contributed by atoms with van der Waals surface area (Å²) in [4.78, 5) is 23.0. The van der Waals surface area contributed by atoms with Crippen molar-refractivity contribution in [3.63, 3.8) is 0 Å². The molecule has 0 bridgehead atoms. The van der Waals surface area contributed by atoms with E-state index in [1.54, 1.807) is 4.68 Å². The van der Waals surface area contributed by atoms with Crippen LogP contribution in [-0.2, 0) is 33.7 Å². The van der Waals surface area contributed by atoms with Crippen molar-refractivity contribution in [3.05, 3.63) is 52.8 Å². The summed E-state index contributed by atoms with van der Waals surface area (Å²) in [7, 11) is 1.36. The molecule has 2 aromatic rings. The number of carboxylic acids is 1. The number of hydrogen-bond donors (Lipinski definition) is 1. The minimum atomic E-state index is -0.802. The Bertz CT molecular complexity index is 767. The summed E-state index contributed by atoms with van der Waals surface area (Å²) >= 11 is 0. The Hall–Kier alpha value is -2.63. The van der Waals surface area contributed by atoms with Gasteiger partial charge in [0, 0.05) is 17.7 Å². The number of aliphatic carboxylic acids is 1. The highest BCUT2D eigenvalue weighted by Crippen LogP contribution is 2.37. The molecule has 6 nitrogen and oxygen atoms in total. The highest BCUT2D eigenvalue weighted by Gasteiger charge is 2.30. The average Bonchev–Trinajstić information content (AvgIpc) is 2.94. The highest BCUT2D eigenvalue weighted by molar-refractivity contribution is 5.69. The van der Waals surface area contributed by atoms with Gasteiger partial charge in [0.05, 0.1) is 19.2 Å². The second kappa shape index (κ2) is 7.51. The fourth-order valence-electron chi connectivity index (χ4n) is 3.61. The van der Waals surface area contributed by atoms with Gasteiger partial charge in [-0.2, -0.15) is 5.10 Å². The number of methoxy groups -OCH3 is 1. The molecule has 1 N–H and O–H groups in total. The topological polar surface area (TPSA) is 81.4 Å². The van der Waals surface area contributed by atoms with Crippen LogP contribution in [0.2, 0.25) is 0 Å². The number of carbonyl (C=O) groups is 2. The van der Waals surface area contributed by atoms with Gasteiger partial charge in [0.1, 0.15) is 6.54 Å². The third-order valence-corrected chi connectivity index (χ3v) is 4.69. The van der Waals surface area contributed by atoms with E-state index in [0.29, 0.717) is 6.42 Å². The molecule has 0 fully saturated rings. The normalized spacial score (nSPS) is 16.3. The van der Waals surface area contributed by atoms with Crippen LogP contribution in [0.4, 0.5) is 0 Å². The quantitative estimate of drug-likeness (QED) is 0.816. The zero-order chi connectivity index (χ0) is 17.8. The maximum absolute atomic E-state index is 11.7. The molecule has 132 valence electrons. The summed E-state index contributed by atoms with van der Waals surface area (Å²) in [5.41, 5.74) is 3.99. The first-order chi connectivity index (χ1) is 12.1. The maximum Gasteiger partial charge on any atom is 0.327 e. The number of fused-ring (bicyclic) bond motifs is 1. The summed E-state index contributed by atoms with van der Waals surface area (Å²) in [5, 5.41) is 13.9. The number of carboxylic acid groups (broad SMARTS) is 1. The number of ether oxygens (including phenoxy) is 1. The molecular formula is C19H22N2O4. The molecule has 6 heteroatoms. The Morgan fingerprint density at radius 1 is 1.32 bits per heavy atom. The standard InChI is InChI=1S/C19H22N2O4/c1-25-18(24)12-21-16-9-5-8-14(11-17(22)23)19(16)15(20-21)10-13-6-3-2-4-7-13/h2-4,6-7,14H,5,8-12H2,1H3,(H,22,23). The molecule has 0 saturated carbocycles. The molecule has 0 radical (unpaired) electrons. The third-order valence-electron chi connectivity index (χ3n) is 4.69. The summed E-state index contributed by atoms with van der Waals surface area (Å²) < 4.78 is 6.47. The Morgan fingerprint density at radius 3 is 2.76 bits per heavy atom. The zero-order valence-corrected chi connectivity index (χ0v) is 14.3. The van der Waals surface area contributed by atoms with Crippen molar-refractivity contribution in [2.24, 2.45) is 0 Å². The van der Waals surface area contributed by atoms with E-state index in [1.807, 2.05) is 30.3 Å². The van der Waals surface area contributed by atoms with Crippen molar-refractivity contribution < 1.29 is 19.4 Å². The number of carbonyl (C=O) groups excluding carboxylic acids is 1. The molecule has 0 saturated heterocycles. The van der Waals surface area contributed by atoms with Gasteiger partial charge in [0.25, 0.3) is 0 Å². The number of esters is 1. The molecule has 1 aliphatic carbocycles. The van der Waals surface area contributed by atoms with Crippen LogP contribution in [0.3, 0.4) is 0 Å². The molecule has 1 heterocycles. The maximum atomic E-state index is 11.7. The monoisotopic (exact) mass is 342 g/mol. The van der Waals surface area contributed by atoms with Crippen molar-refractivity contribution in [2.75, 3.05) is 7.11 Å². The van der Waals surface area contributed by atoms with Crippen molar-refractivity contribution in [2.45, 2.75) is 44.6 Å². The number of hydrogen-bond acceptors (Lipinski definition) is 4. The van der Waals surface area contributed by atoms with E-state index in [2.05, 4.69) is 5.10 Å². The molecular weight excluding hydrogens is 320 g/mol. The number of nitrogens with zero attached hydrogens (tertiary/aromatic N) is 2. The van der Waals surface area contributed by atoms with Gasteiger partial charge in [0.15, 0.2) is 0 Å². The predicted molar refractivity (Wildman–Crippen MR) is 91.4 cm³/mol. The largest absolute Gasteiger partial charge is 0.481 e. The molecule has 1 aromatic carbocycles. The first-order valence-corrected chi connectivity index (χ1v) is 8.49. The molecule has 1 aliphatic rings. The number of rotatable bonds is 6. The number of aromatic nitrogens is 2. The summed E-state index contributed by atoms with van der Waals surface area (Å²) in [5.74, 6) is -1.20. The van der Waals surface area contributed by atoms with Crippen LogP contribution in [0.5, 0.6) is 0 Å². The van der Waals surface area contributed by atoms with E-state index in [0.717, 1.165) is 41.8 Å². The van der Waals surface area contributed by atoms with Gasteiger partial charge < -0.3 is 9.84 Å². The van der Waals surface area contributed by atoms with Gasteiger partial charge in [0.2, 0.25) is 0 Å². The van der Waals surface area contributed by atoms with E-state index in [1.165, 1.54) is 7.11 Å². The molecule has 0 aliphatic heterocycles. The fraction of sp³-hybridized carbons (Fsp3) is 0.421. The second-order valence-corrected chi connectivity index (χ2v) is 6.39. The van der Waals surface area contributed by atoms with E-state index in [-0.39, 0.29) is 24.9 Å². The number of benzene rings is 1. The lowest BCUT2D eigenvalue weighted by Gasteiger charge is -2.23. The highest BCUT2D eigenvalue weighted by atomic mass is 16.5. The minimum absolute atomic E-state index is 0.0497. The van der Waals surface area contributed by atoms with Crippen LogP contribution < -0.4 is 0 Å². The van der Waals surface area contributed by atoms with Crippen molar-refractivity contribution in [1.29, 1.82) is 0 Å². The lowest BCUT2D eigenvalue weighted by molar-refractivity contribution is -0.141. The summed E-state index contributed by atoms with van der Waals surface area (Å²) in [6.07, 6.45) is 3.28. The van der Waals surface area contributed by atoms with E-state index < -0.39 is 5.97 Å². The molecule has 0 amide bonds. The Balaban J connectivity index is 2.00. The fourth-order valence-corrected chi connectivity index (χ4v) is 3.61. The Labute approximate surface area is 146 Å². The van der Waals surface area contributed by atoms with Crippen molar-refractivity contribution >= 4 is 11.9 Å². The summed E-state index contributed by atoms with van der Waals surface area (Å²) in [6.45, 7) is 0.0629. The second-order valence-electron chi connectivity index (χ2n) is 6.39. The lowest BCUT2D eigenvalue weighted by atomic mass is 9.82. The Morgan fingerprint density at radius 2 is 2.08 bits per heavy atom. The van der Waals surface area contributed by atoms with Gasteiger partial charge in [-0.15, -0.1) is 0 Å². The van der Waals surface area contributed by atoms with E-state index >= 15 is 0 Å². The van der Waals surface area contributed by atoms with Crippen LogP contribution in [0, 0.1) is 0 Å². The van der Waals surface area contributed by atoms with Crippen LogP contribution >= 0.6 is 0 Å². The first kappa shape index (κ1) is 17.2. The average molecular weight is 342 g/mol. The van der Waals surface area contributed by atoms with E-state index in [4.69, 9.17) is 4.74 Å². The lowest BCUT2D eigenvalue weighted by Crippen LogP contribution is -2.19. The smallest absolute Gasteiger partial charge is 0.327 e. The molecule has 25 heavy (non-hydrogen) atoms. The van der Waals surface area contributed by atoms with Gasteiger partial charge in [-0.25, -0.2) is 0 Å². The van der Waals surface area contributed by atoms with Crippen molar-refractivity contribution in [1.82, 2.24) is 9.78 Å². The van der Waals surface area contributed by atoms with Crippen LogP contribution in [0.15, 0.2) is 30.3 Å². The van der Waals surface area contributed by atoms with E-state index in [9.17, 15) is 14.7 Å². The van der Waals surface area contributed by atoms with Gasteiger partial charge in [-0.1, -0.05) is 30.3 Å². The van der Waals surface area contributed by atoms with Crippen LogP contribution in [0.25, 0.3) is 0 Å². The molecule has 1 atom stereocenters. The van der Waals surface area contributed by atoms with Crippen LogP contribution in [-0.4, -0.2) is 33.9 Å². The molecule has 1 aromatic heterocycles. The Kier molecular flexibility index (Phi) is 5.16. The third kappa shape index (κ3) is 3.90. The van der Waals surface area contributed by atoms with Gasteiger partial charge in [-0.3, -0.25) is 14.3 Å². The van der Waals surface area contributed by atoms with Crippen LogP contribution in [0.1, 0.15) is 47.7 Å². The molecule has 1 unspecified atom stereocenters. The van der Waals surface area contributed by atoms with Gasteiger partial charge in [-0.05, 0) is 30.7 Å². The SMILES string of the molecule is COC(=O)Cn1nc(Cc2ccccc2)c2c1CCCC2CC(=O)O.